The maximum Gasteiger partial charge on any atom is 0.874 e. The fourth-order valence-corrected chi connectivity index (χ4v) is 11.9. The molecule has 0 aliphatic carbocycles. The predicted octanol–water partition coefficient (Wildman–Crippen LogP) is 14.0. The second-order valence-corrected chi connectivity index (χ2v) is 24.9. The lowest BCUT2D eigenvalue weighted by Crippen LogP contribution is -2.38. The van der Waals surface area contributed by atoms with Crippen LogP contribution < -0.4 is 21.9 Å². The normalized spacial score (nSPS) is 13.5. The summed E-state index contributed by atoms with van der Waals surface area (Å²) in [7, 11) is -12.6. The number of hydrogen-bond donors (Lipinski definition) is 8. The molecule has 0 radical (unpaired) electrons. The first-order valence-corrected chi connectivity index (χ1v) is 34.8. The average Bonchev–Trinajstić information content (AvgIpc) is 1.68. The highest BCUT2D eigenvalue weighted by atomic mass is 32.2. The molecule has 0 amide bonds. The summed E-state index contributed by atoms with van der Waals surface area (Å²) in [6, 6.07) is 69.1. The Bertz CT molecular complexity index is 4600. The van der Waals surface area contributed by atoms with Crippen LogP contribution in [0.2, 0.25) is 0 Å². The summed E-state index contributed by atoms with van der Waals surface area (Å²) in [5, 5.41) is 95.1. The Balaban J connectivity index is 1.15. The summed E-state index contributed by atoms with van der Waals surface area (Å²) < 4.78 is 111. The third-order valence-corrected chi connectivity index (χ3v) is 17.5. The molecular formula is C74H60B4F4N12O16S2-2. The zero-order valence-corrected chi connectivity index (χ0v) is 59.6. The molecule has 10 rings (SSSR count). The van der Waals surface area contributed by atoms with Gasteiger partial charge >= 0.3 is 41.5 Å². The summed E-state index contributed by atoms with van der Waals surface area (Å²) in [6.45, 7) is 0. The lowest BCUT2D eigenvalue weighted by Gasteiger charge is -2.27. The molecule has 38 heteroatoms. The van der Waals surface area contributed by atoms with Gasteiger partial charge in [-0.25, -0.2) is 37.8 Å². The molecule has 0 saturated carbocycles. The minimum atomic E-state index is -3.15. The molecule has 0 fully saturated rings. The first-order valence-electron chi connectivity index (χ1n) is 33.2. The fraction of sp³-hybridized carbons (Fsp3) is 0.0541. The van der Waals surface area contributed by atoms with E-state index in [4.69, 9.17) is 38.0 Å². The highest BCUT2D eigenvalue weighted by molar-refractivity contribution is 8.17. The molecule has 4 unspecified atom stereocenters. The molecule has 28 nitrogen and oxygen atoms in total. The van der Waals surface area contributed by atoms with E-state index in [-0.39, 0.29) is 66.0 Å². The van der Waals surface area contributed by atoms with Gasteiger partial charge in [0.1, 0.15) is 11.4 Å². The van der Waals surface area contributed by atoms with Crippen molar-refractivity contribution in [1.29, 1.82) is 0 Å². The van der Waals surface area contributed by atoms with Crippen LogP contribution in [0.1, 0.15) is 89.4 Å². The maximum atomic E-state index is 17.2. The van der Waals surface area contributed by atoms with E-state index in [9.17, 15) is 40.6 Å². The van der Waals surface area contributed by atoms with Crippen LogP contribution in [0.3, 0.4) is 0 Å². The summed E-state index contributed by atoms with van der Waals surface area (Å²) in [5.41, 5.74) is 7.82. The van der Waals surface area contributed by atoms with E-state index in [1.54, 1.807) is 194 Å². The monoisotopic (exact) mass is 1560 g/mol. The molecule has 112 heavy (non-hydrogen) atoms. The number of carboxylic acids is 2. The van der Waals surface area contributed by atoms with Crippen LogP contribution in [0, 0.1) is 10.4 Å². The van der Waals surface area contributed by atoms with Crippen LogP contribution in [0.4, 0.5) is 17.3 Å². The molecular weight excluding hydrogens is 1500 g/mol. The number of hydroxylamine groups is 4. The first-order chi connectivity index (χ1) is 54.7. The van der Waals surface area contributed by atoms with Crippen LogP contribution in [-0.2, 0) is 38.0 Å². The van der Waals surface area contributed by atoms with Crippen molar-refractivity contribution in [3.05, 3.63) is 357 Å². The van der Waals surface area contributed by atoms with Gasteiger partial charge in [-0.05, 0) is 70.8 Å². The molecule has 10 aromatic rings. The molecule has 566 valence electrons. The Kier molecular flexibility index (Phi) is 31.3. The number of halogens is 4. The van der Waals surface area contributed by atoms with Crippen molar-refractivity contribution in [2.45, 2.75) is 34.0 Å². The van der Waals surface area contributed by atoms with E-state index in [1.165, 1.54) is 72.8 Å². The van der Waals surface area contributed by atoms with Gasteiger partial charge in [0.25, 0.3) is 0 Å². The van der Waals surface area contributed by atoms with E-state index in [2.05, 4.69) is 63.2 Å². The molecule has 0 spiro atoms. The number of nitrogens with zero attached hydrogens (tertiary/aromatic N) is 8. The van der Waals surface area contributed by atoms with Gasteiger partial charge in [-0.1, -0.05) is 297 Å². The van der Waals surface area contributed by atoms with E-state index in [1.807, 2.05) is 0 Å². The standard InChI is InChI=1S/C74H62B4F4N12O16S2/c79-75(103-87-65(53-33-17-5-18-34-53)61(83-99)49-25-9-1-10-26-49)107-91-69(71(111-59-45-41-57(42-46-59)73(95)96)93-109-77(81)105-89-67(55-37-21-7-22-38-55)63(85-101)51-29-13-3-14-30-51)70(92-108-76(80)104-88-66(54-35-19-6-20-36-54)62(84-100)50-27-11-2-12-28-50)72(112-60-47-43-58(44-48-60)74(97)98)94-110-78(82)106-90-68(56-39-23-8-24-40-56)64(86-102)52-31-15-4-16-32-52/h1-48,61-62,65-66,83-84,87-88,99-102H,(H,95,96)(H,97,98)/p-2/b85-63+,86-64+,89-67+,90-68+,91-69+,92-70+,93-71-,94-72-. The van der Waals surface area contributed by atoms with Gasteiger partial charge in [-0.2, -0.15) is 11.0 Å². The third-order valence-electron chi connectivity index (χ3n) is 15.6. The van der Waals surface area contributed by atoms with Gasteiger partial charge in [-0.15, -0.1) is 0 Å². The lowest BCUT2D eigenvalue weighted by molar-refractivity contribution is 0.0345. The van der Waals surface area contributed by atoms with Crippen molar-refractivity contribution in [3.63, 3.8) is 0 Å². The first kappa shape index (κ1) is 81.8. The number of carboxylic acid groups (broad SMARTS) is 2. The quantitative estimate of drug-likeness (QED) is 0.00443. The molecule has 4 atom stereocenters. The molecule has 0 heterocycles. The highest BCUT2D eigenvalue weighted by Crippen LogP contribution is 2.32. The number of nitrogens with one attached hydrogen (secondary N) is 4. The van der Waals surface area contributed by atoms with Gasteiger partial charge in [0.2, 0.25) is 0 Å². The SMILES string of the molecule is O=C(O)c1ccc(SC(=N\OB(F)O/N=C(/C(=N/[O-])c2ccccc2)c2ccccc2)/C(=N/OB(F)ONC(c2ccccc2)C(NO)c2ccccc2)C(=N\OB(F)ONC(c2ccccc2)C(NO)c2ccccc2)/C(=N/OB(F)O/N=C(/C(=N/[O-])c2ccccc2)c2ccccc2)Sc2ccc(C(=O)O)cc2)cc1. The smallest absolute Gasteiger partial charge is 0.791 e. The minimum absolute atomic E-state index is 0.0511. The lowest BCUT2D eigenvalue weighted by atomic mass is 9.94. The Morgan fingerprint density at radius 3 is 0.839 bits per heavy atom. The Morgan fingerprint density at radius 1 is 0.321 bits per heavy atom. The molecule has 0 aliphatic heterocycles. The summed E-state index contributed by atoms with van der Waals surface area (Å²) in [5.74, 6) is -2.78. The fourth-order valence-electron chi connectivity index (χ4n) is 10.3. The summed E-state index contributed by atoms with van der Waals surface area (Å²) in [4.78, 5) is 24.5. The number of aromatic carboxylic acids is 2. The van der Waals surface area contributed by atoms with E-state index >= 15 is 17.3 Å². The molecule has 0 aliphatic rings. The zero-order valence-electron chi connectivity index (χ0n) is 57.9. The Morgan fingerprint density at radius 2 is 0.571 bits per heavy atom. The number of thioether (sulfide) groups is 2. The Labute approximate surface area is 646 Å². The van der Waals surface area contributed by atoms with E-state index in [0.29, 0.717) is 45.8 Å². The number of hydrogen-bond acceptors (Lipinski definition) is 28. The third kappa shape index (κ3) is 23.6. The molecule has 10 aromatic carbocycles. The number of benzene rings is 10. The summed E-state index contributed by atoms with van der Waals surface area (Å²) >= 11 is 0.723. The molecule has 0 saturated heterocycles. The van der Waals surface area contributed by atoms with Crippen LogP contribution >= 0.6 is 23.5 Å². The van der Waals surface area contributed by atoms with E-state index < -0.39 is 87.2 Å². The largest absolute Gasteiger partial charge is 0.874 e. The van der Waals surface area contributed by atoms with Crippen molar-refractivity contribution < 1.29 is 85.5 Å². The van der Waals surface area contributed by atoms with Gasteiger partial charge < -0.3 is 69.9 Å². The van der Waals surface area contributed by atoms with Crippen molar-refractivity contribution in [2.75, 3.05) is 0 Å². The second kappa shape index (κ2) is 42.9. The van der Waals surface area contributed by atoms with Crippen LogP contribution in [-0.4, -0.2) is 107 Å². The minimum Gasteiger partial charge on any atom is -0.791 e. The predicted molar refractivity (Wildman–Crippen MR) is 416 cm³/mol. The summed E-state index contributed by atoms with van der Waals surface area (Å²) in [6.07, 6.45) is 0. The van der Waals surface area contributed by atoms with Gasteiger partial charge in [-0.3, -0.25) is 9.51 Å². The molecule has 8 N–H and O–H groups in total. The average molecular weight is 1560 g/mol. The zero-order chi connectivity index (χ0) is 78.8. The van der Waals surface area contributed by atoms with Crippen molar-refractivity contribution in [3.8, 4) is 0 Å². The molecule has 0 bridgehead atoms. The van der Waals surface area contributed by atoms with E-state index in [0.717, 1.165) is 24.3 Å². The highest BCUT2D eigenvalue weighted by Gasteiger charge is 2.37. The van der Waals surface area contributed by atoms with Crippen LogP contribution in [0.25, 0.3) is 0 Å². The van der Waals surface area contributed by atoms with Crippen molar-refractivity contribution in [2.24, 2.45) is 41.2 Å². The van der Waals surface area contributed by atoms with Crippen molar-refractivity contribution in [1.82, 2.24) is 21.9 Å². The van der Waals surface area contributed by atoms with Crippen molar-refractivity contribution >= 4 is 109 Å². The van der Waals surface area contributed by atoms with Gasteiger partial charge in [0, 0.05) is 32.0 Å². The number of rotatable bonds is 39. The Hall–Kier alpha value is -12.7. The number of carbonyl (C=O) groups is 2. The van der Waals surface area contributed by atoms with Crippen LogP contribution in [0.5, 0.6) is 0 Å². The molecule has 0 aromatic heterocycles. The van der Waals surface area contributed by atoms with Gasteiger partial charge in [0.05, 0.1) is 46.7 Å². The topological polar surface area (TPSA) is 382 Å². The van der Waals surface area contributed by atoms with Gasteiger partial charge in [0.15, 0.2) is 21.5 Å². The second-order valence-electron chi connectivity index (χ2n) is 22.8. The number of oxime groups is 6. The van der Waals surface area contributed by atoms with Crippen LogP contribution in [0.15, 0.2) is 342 Å². The maximum absolute atomic E-state index is 17.2.